The number of para-hydroxylation sites is 1. The van der Waals surface area contributed by atoms with Gasteiger partial charge in [0.05, 0.1) is 5.52 Å². The summed E-state index contributed by atoms with van der Waals surface area (Å²) in [6.07, 6.45) is 2.47. The highest BCUT2D eigenvalue weighted by molar-refractivity contribution is 5.90. The van der Waals surface area contributed by atoms with Crippen LogP contribution in [0.15, 0.2) is 24.3 Å². The third-order valence-electron chi connectivity index (χ3n) is 4.60. The molecule has 0 radical (unpaired) electrons. The van der Waals surface area contributed by atoms with Gasteiger partial charge in [-0.2, -0.15) is 4.98 Å². The highest BCUT2D eigenvalue weighted by Gasteiger charge is 2.17. The molecule has 5 nitrogen and oxygen atoms in total. The normalized spacial score (nSPS) is 13.6. The van der Waals surface area contributed by atoms with Gasteiger partial charge in [0.1, 0.15) is 5.82 Å². The molecule has 1 aliphatic rings. The lowest BCUT2D eigenvalue weighted by molar-refractivity contribution is 0.316. The molecule has 0 bridgehead atoms. The molecule has 0 saturated carbocycles. The zero-order valence-corrected chi connectivity index (χ0v) is 16.7. The van der Waals surface area contributed by atoms with Crippen LogP contribution in [0.4, 0.5) is 11.8 Å². The first-order valence-corrected chi connectivity index (χ1v) is 8.79. The molecule has 0 amide bonds. The van der Waals surface area contributed by atoms with Crippen LogP contribution in [0.1, 0.15) is 26.7 Å². The molecule has 3 rings (SSSR count). The Morgan fingerprint density at radius 3 is 2.40 bits per heavy atom. The quantitative estimate of drug-likeness (QED) is 0.784. The predicted octanol–water partition coefficient (Wildman–Crippen LogP) is 3.83. The third-order valence-corrected chi connectivity index (χ3v) is 4.60. The minimum atomic E-state index is 0. The summed E-state index contributed by atoms with van der Waals surface area (Å²) in [4.78, 5) is 14.3. The molecule has 2 aromatic rings. The number of fused-ring (bicyclic) bond motifs is 1. The zero-order chi connectivity index (χ0) is 16.1. The molecule has 1 saturated heterocycles. The van der Waals surface area contributed by atoms with Gasteiger partial charge in [-0.15, -0.1) is 24.8 Å². The number of rotatable bonds is 7. The Labute approximate surface area is 163 Å². The molecule has 1 aromatic carbocycles. The van der Waals surface area contributed by atoms with E-state index in [4.69, 9.17) is 9.97 Å². The zero-order valence-electron chi connectivity index (χ0n) is 15.1. The Morgan fingerprint density at radius 1 is 1.04 bits per heavy atom. The van der Waals surface area contributed by atoms with Crippen molar-refractivity contribution in [2.75, 3.05) is 49.5 Å². The topological polar surface area (TPSA) is 44.3 Å². The second-order valence-electron chi connectivity index (χ2n) is 6.04. The summed E-state index contributed by atoms with van der Waals surface area (Å²) < 4.78 is 0. The van der Waals surface area contributed by atoms with Gasteiger partial charge in [-0.3, -0.25) is 0 Å². The molecule has 7 heteroatoms. The molecule has 1 N–H and O–H groups in total. The van der Waals surface area contributed by atoms with E-state index in [1.165, 1.54) is 12.8 Å². The average molecular weight is 386 g/mol. The average Bonchev–Trinajstić information content (AvgIpc) is 3.13. The molecule has 140 valence electrons. The van der Waals surface area contributed by atoms with E-state index in [1.807, 2.05) is 6.07 Å². The molecule has 0 atom stereocenters. The summed E-state index contributed by atoms with van der Waals surface area (Å²) in [6.45, 7) is 10.6. The first-order chi connectivity index (χ1) is 11.3. The molecular formula is C18H29Cl2N5. The maximum atomic E-state index is 4.82. The molecule has 1 aromatic heterocycles. The van der Waals surface area contributed by atoms with Gasteiger partial charge in [-0.05, 0) is 38.1 Å². The first kappa shape index (κ1) is 21.7. The van der Waals surface area contributed by atoms with Crippen LogP contribution >= 0.6 is 24.8 Å². The molecule has 0 spiro atoms. The summed E-state index contributed by atoms with van der Waals surface area (Å²) >= 11 is 0. The van der Waals surface area contributed by atoms with Crippen molar-refractivity contribution < 1.29 is 0 Å². The summed E-state index contributed by atoms with van der Waals surface area (Å²) in [7, 11) is 0. The fraction of sp³-hybridized carbons (Fsp3) is 0.556. The van der Waals surface area contributed by atoms with E-state index in [2.05, 4.69) is 47.2 Å². The van der Waals surface area contributed by atoms with Gasteiger partial charge >= 0.3 is 0 Å². The lowest BCUT2D eigenvalue weighted by Crippen LogP contribution is -2.29. The molecule has 25 heavy (non-hydrogen) atoms. The standard InChI is InChI=1S/C18H27N5.2ClH/c1-3-22(4-2)14-11-19-17-15-9-5-6-10-16(15)20-18(21-17)23-12-7-8-13-23;;/h5-6,9-10H,3-4,7-8,11-14H2,1-2H3,(H,19,20,21);2*1H. The molecule has 0 aliphatic carbocycles. The SMILES string of the molecule is CCN(CC)CCNc1nc(N2CCCC2)nc2ccccc12.Cl.Cl. The van der Waals surface area contributed by atoms with E-state index in [0.29, 0.717) is 0 Å². The van der Waals surface area contributed by atoms with E-state index in [9.17, 15) is 0 Å². The Hall–Kier alpha value is -1.30. The van der Waals surface area contributed by atoms with Gasteiger partial charge in [0.2, 0.25) is 5.95 Å². The first-order valence-electron chi connectivity index (χ1n) is 8.79. The van der Waals surface area contributed by atoms with Crippen LogP contribution in [0.3, 0.4) is 0 Å². The fourth-order valence-electron chi connectivity index (χ4n) is 3.13. The van der Waals surface area contributed by atoms with Crippen LogP contribution in [0.2, 0.25) is 0 Å². The number of benzene rings is 1. The predicted molar refractivity (Wildman–Crippen MR) is 112 cm³/mol. The van der Waals surface area contributed by atoms with Crippen molar-refractivity contribution in [3.8, 4) is 0 Å². The lowest BCUT2D eigenvalue weighted by Gasteiger charge is -2.20. The van der Waals surface area contributed by atoms with Crippen molar-refractivity contribution >= 4 is 47.5 Å². The smallest absolute Gasteiger partial charge is 0.227 e. The number of hydrogen-bond acceptors (Lipinski definition) is 5. The van der Waals surface area contributed by atoms with E-state index in [1.54, 1.807) is 0 Å². The number of nitrogens with zero attached hydrogens (tertiary/aromatic N) is 4. The maximum absolute atomic E-state index is 4.82. The van der Waals surface area contributed by atoms with Crippen LogP contribution in [0.5, 0.6) is 0 Å². The monoisotopic (exact) mass is 385 g/mol. The van der Waals surface area contributed by atoms with Gasteiger partial charge in [0.15, 0.2) is 0 Å². The number of anilines is 2. The molecule has 1 fully saturated rings. The molecule has 2 heterocycles. The summed E-state index contributed by atoms with van der Waals surface area (Å²) in [5, 5.41) is 4.64. The Kier molecular flexibility index (Phi) is 9.25. The minimum absolute atomic E-state index is 0. The van der Waals surface area contributed by atoms with E-state index >= 15 is 0 Å². The van der Waals surface area contributed by atoms with Crippen molar-refractivity contribution in [2.45, 2.75) is 26.7 Å². The van der Waals surface area contributed by atoms with Crippen LogP contribution < -0.4 is 10.2 Å². The van der Waals surface area contributed by atoms with Gasteiger partial charge in [-0.1, -0.05) is 26.0 Å². The number of halogens is 2. The number of aromatic nitrogens is 2. The van der Waals surface area contributed by atoms with Crippen LogP contribution in [0, 0.1) is 0 Å². The largest absolute Gasteiger partial charge is 0.368 e. The Balaban J connectivity index is 0.00000156. The van der Waals surface area contributed by atoms with E-state index in [-0.39, 0.29) is 24.8 Å². The fourth-order valence-corrected chi connectivity index (χ4v) is 3.13. The highest BCUT2D eigenvalue weighted by Crippen LogP contribution is 2.25. The van der Waals surface area contributed by atoms with Gasteiger partial charge in [-0.25, -0.2) is 4.98 Å². The number of hydrogen-bond donors (Lipinski definition) is 1. The molecule has 0 unspecified atom stereocenters. The van der Waals surface area contributed by atoms with Crippen molar-refractivity contribution in [2.24, 2.45) is 0 Å². The lowest BCUT2D eigenvalue weighted by atomic mass is 10.2. The number of nitrogens with one attached hydrogen (secondary N) is 1. The van der Waals surface area contributed by atoms with Crippen LogP contribution in [0.25, 0.3) is 10.9 Å². The molecular weight excluding hydrogens is 357 g/mol. The van der Waals surface area contributed by atoms with E-state index in [0.717, 1.165) is 61.9 Å². The van der Waals surface area contributed by atoms with Gasteiger partial charge < -0.3 is 15.1 Å². The summed E-state index contributed by atoms with van der Waals surface area (Å²) in [5.41, 5.74) is 1.02. The minimum Gasteiger partial charge on any atom is -0.368 e. The van der Waals surface area contributed by atoms with Crippen molar-refractivity contribution in [3.05, 3.63) is 24.3 Å². The highest BCUT2D eigenvalue weighted by atomic mass is 35.5. The van der Waals surface area contributed by atoms with Crippen molar-refractivity contribution in [1.82, 2.24) is 14.9 Å². The second-order valence-corrected chi connectivity index (χ2v) is 6.04. The second kappa shape index (κ2) is 10.6. The van der Waals surface area contributed by atoms with Gasteiger partial charge in [0.25, 0.3) is 0 Å². The summed E-state index contributed by atoms with van der Waals surface area (Å²) in [5.74, 6) is 1.83. The van der Waals surface area contributed by atoms with Crippen LogP contribution in [-0.4, -0.2) is 54.1 Å². The van der Waals surface area contributed by atoms with Crippen molar-refractivity contribution in [1.29, 1.82) is 0 Å². The summed E-state index contributed by atoms with van der Waals surface area (Å²) in [6, 6.07) is 8.27. The Morgan fingerprint density at radius 2 is 1.72 bits per heavy atom. The molecule has 1 aliphatic heterocycles. The van der Waals surface area contributed by atoms with Crippen molar-refractivity contribution in [3.63, 3.8) is 0 Å². The third kappa shape index (κ3) is 5.33. The van der Waals surface area contributed by atoms with E-state index < -0.39 is 0 Å². The van der Waals surface area contributed by atoms with Crippen LogP contribution in [-0.2, 0) is 0 Å². The van der Waals surface area contributed by atoms with Gasteiger partial charge in [0, 0.05) is 31.6 Å². The Bertz CT molecular complexity index is 642. The maximum Gasteiger partial charge on any atom is 0.227 e. The number of likely N-dealkylation sites (N-methyl/N-ethyl adjacent to an activating group) is 1.